The van der Waals surface area contributed by atoms with Gasteiger partial charge in [-0.1, -0.05) is 93.8 Å². The summed E-state index contributed by atoms with van der Waals surface area (Å²) in [4.78, 5) is 2.58. The average molecular weight is 402 g/mol. The van der Waals surface area contributed by atoms with Crippen molar-refractivity contribution in [3.05, 3.63) is 95.4 Å². The minimum atomic E-state index is 0.253. The van der Waals surface area contributed by atoms with Crippen LogP contribution in [-0.4, -0.2) is 4.90 Å². The van der Waals surface area contributed by atoms with Crippen LogP contribution in [0.25, 0.3) is 0 Å². The first kappa shape index (κ1) is 20.9. The van der Waals surface area contributed by atoms with Crippen LogP contribution in [0.1, 0.15) is 80.6 Å². The molecule has 0 amide bonds. The Bertz CT molecular complexity index is 836. The standard InChI is InChI=1S/C28H35NO/c1-22(2)28(27-19-18-26(30-27)25-16-10-5-11-17-25)29(20-23-12-6-3-7-13-23)21-24-14-8-4-9-15-24/h3-4,6-9,12-15,18-19,22,25,28H,5,10-11,16-17,20-21H2,1-2H3/t28-/m0/s1. The molecule has 0 radical (unpaired) electrons. The number of hydrogen-bond acceptors (Lipinski definition) is 2. The van der Waals surface area contributed by atoms with E-state index >= 15 is 0 Å². The molecule has 0 N–H and O–H groups in total. The molecule has 1 aliphatic rings. The van der Waals surface area contributed by atoms with Crippen molar-refractivity contribution in [3.8, 4) is 0 Å². The maximum absolute atomic E-state index is 6.56. The van der Waals surface area contributed by atoms with E-state index < -0.39 is 0 Å². The summed E-state index contributed by atoms with van der Waals surface area (Å²) in [6.45, 7) is 6.46. The zero-order chi connectivity index (χ0) is 20.8. The highest BCUT2D eigenvalue weighted by atomic mass is 16.3. The number of rotatable bonds is 8. The highest BCUT2D eigenvalue weighted by Gasteiger charge is 2.28. The van der Waals surface area contributed by atoms with Crippen LogP contribution in [0, 0.1) is 5.92 Å². The molecule has 30 heavy (non-hydrogen) atoms. The number of furan rings is 1. The number of benzene rings is 2. The molecule has 3 aromatic rings. The fourth-order valence-electron chi connectivity index (χ4n) is 4.95. The van der Waals surface area contributed by atoms with E-state index in [-0.39, 0.29) is 6.04 Å². The minimum absolute atomic E-state index is 0.253. The molecule has 1 aliphatic carbocycles. The molecule has 0 unspecified atom stereocenters. The lowest BCUT2D eigenvalue weighted by atomic mass is 9.88. The van der Waals surface area contributed by atoms with E-state index in [4.69, 9.17) is 4.42 Å². The van der Waals surface area contributed by atoms with E-state index in [1.807, 2.05) is 0 Å². The van der Waals surface area contributed by atoms with Crippen LogP contribution < -0.4 is 0 Å². The average Bonchev–Trinajstić information content (AvgIpc) is 3.25. The van der Waals surface area contributed by atoms with Crippen LogP contribution in [-0.2, 0) is 13.1 Å². The van der Waals surface area contributed by atoms with Gasteiger partial charge in [0, 0.05) is 19.0 Å². The van der Waals surface area contributed by atoms with Crippen molar-refractivity contribution in [3.63, 3.8) is 0 Å². The maximum atomic E-state index is 6.56. The van der Waals surface area contributed by atoms with E-state index in [1.165, 1.54) is 49.0 Å². The summed E-state index contributed by atoms with van der Waals surface area (Å²) in [6, 6.07) is 26.4. The first-order valence-electron chi connectivity index (χ1n) is 11.6. The van der Waals surface area contributed by atoms with E-state index in [9.17, 15) is 0 Å². The van der Waals surface area contributed by atoms with Crippen LogP contribution in [0.2, 0.25) is 0 Å². The van der Waals surface area contributed by atoms with Gasteiger partial charge in [0.2, 0.25) is 0 Å². The second-order valence-corrected chi connectivity index (χ2v) is 9.14. The fourth-order valence-corrected chi connectivity index (χ4v) is 4.95. The quantitative estimate of drug-likeness (QED) is 0.384. The third kappa shape index (κ3) is 5.23. The molecule has 0 saturated heterocycles. The molecule has 2 heteroatoms. The largest absolute Gasteiger partial charge is 0.464 e. The molecule has 4 rings (SSSR count). The molecule has 2 aromatic carbocycles. The van der Waals surface area contributed by atoms with Gasteiger partial charge in [-0.15, -0.1) is 0 Å². The molecular formula is C28H35NO. The monoisotopic (exact) mass is 401 g/mol. The normalized spacial score (nSPS) is 16.3. The van der Waals surface area contributed by atoms with Gasteiger partial charge in [-0.05, 0) is 42.0 Å². The summed E-state index contributed by atoms with van der Waals surface area (Å²) < 4.78 is 6.56. The Morgan fingerprint density at radius 2 is 1.33 bits per heavy atom. The predicted octanol–water partition coefficient (Wildman–Crippen LogP) is 7.73. The molecule has 1 aromatic heterocycles. The minimum Gasteiger partial charge on any atom is -0.464 e. The summed E-state index contributed by atoms with van der Waals surface area (Å²) in [5.41, 5.74) is 2.69. The van der Waals surface area contributed by atoms with Gasteiger partial charge in [0.25, 0.3) is 0 Å². The smallest absolute Gasteiger partial charge is 0.121 e. The Labute approximate surface area is 181 Å². The third-order valence-corrected chi connectivity index (χ3v) is 6.43. The summed E-state index contributed by atoms with van der Waals surface area (Å²) in [5, 5.41) is 0. The zero-order valence-corrected chi connectivity index (χ0v) is 18.5. The number of hydrogen-bond donors (Lipinski definition) is 0. The Morgan fingerprint density at radius 3 is 1.87 bits per heavy atom. The van der Waals surface area contributed by atoms with Gasteiger partial charge in [0.05, 0.1) is 6.04 Å². The van der Waals surface area contributed by atoms with E-state index in [0.29, 0.717) is 11.8 Å². The van der Waals surface area contributed by atoms with Gasteiger partial charge < -0.3 is 4.42 Å². The van der Waals surface area contributed by atoms with Crippen molar-refractivity contribution in [2.75, 3.05) is 0 Å². The van der Waals surface area contributed by atoms with Crippen molar-refractivity contribution >= 4 is 0 Å². The van der Waals surface area contributed by atoms with E-state index in [2.05, 4.69) is 91.5 Å². The van der Waals surface area contributed by atoms with Crippen LogP contribution >= 0.6 is 0 Å². The zero-order valence-electron chi connectivity index (χ0n) is 18.5. The van der Waals surface area contributed by atoms with Gasteiger partial charge in [0.15, 0.2) is 0 Å². The summed E-state index contributed by atoms with van der Waals surface area (Å²) in [5.74, 6) is 3.40. The van der Waals surface area contributed by atoms with Crippen molar-refractivity contribution in [2.45, 2.75) is 71.0 Å². The fraction of sp³-hybridized carbons (Fsp3) is 0.429. The van der Waals surface area contributed by atoms with Gasteiger partial charge in [-0.25, -0.2) is 0 Å². The molecular weight excluding hydrogens is 366 g/mol. The molecule has 1 fully saturated rings. The summed E-state index contributed by atoms with van der Waals surface area (Å²) >= 11 is 0. The first-order valence-corrected chi connectivity index (χ1v) is 11.6. The predicted molar refractivity (Wildman–Crippen MR) is 124 cm³/mol. The summed E-state index contributed by atoms with van der Waals surface area (Å²) in [7, 11) is 0. The molecule has 158 valence electrons. The van der Waals surface area contributed by atoms with Crippen LogP contribution in [0.15, 0.2) is 77.2 Å². The second-order valence-electron chi connectivity index (χ2n) is 9.14. The van der Waals surface area contributed by atoms with E-state index in [0.717, 1.165) is 18.8 Å². The second kappa shape index (κ2) is 10.1. The molecule has 2 nitrogen and oxygen atoms in total. The first-order chi connectivity index (χ1) is 14.7. The van der Waals surface area contributed by atoms with Crippen molar-refractivity contribution in [2.24, 2.45) is 5.92 Å². The molecule has 1 heterocycles. The highest BCUT2D eigenvalue weighted by Crippen LogP contribution is 2.38. The molecule has 0 spiro atoms. The Kier molecular flexibility index (Phi) is 7.07. The molecule has 1 atom stereocenters. The van der Waals surface area contributed by atoms with Gasteiger partial charge in [-0.3, -0.25) is 4.90 Å². The molecule has 1 saturated carbocycles. The van der Waals surface area contributed by atoms with Crippen molar-refractivity contribution in [1.29, 1.82) is 0 Å². The lowest BCUT2D eigenvalue weighted by molar-refractivity contribution is 0.116. The van der Waals surface area contributed by atoms with Crippen LogP contribution in [0.3, 0.4) is 0 Å². The van der Waals surface area contributed by atoms with Crippen LogP contribution in [0.5, 0.6) is 0 Å². The Morgan fingerprint density at radius 1 is 0.767 bits per heavy atom. The third-order valence-electron chi connectivity index (χ3n) is 6.43. The van der Waals surface area contributed by atoms with Crippen molar-refractivity contribution in [1.82, 2.24) is 4.90 Å². The lowest BCUT2D eigenvalue weighted by Crippen LogP contribution is -2.31. The van der Waals surface area contributed by atoms with E-state index in [1.54, 1.807) is 0 Å². The number of nitrogens with zero attached hydrogens (tertiary/aromatic N) is 1. The Balaban J connectivity index is 1.62. The SMILES string of the molecule is CC(C)[C@@H](c1ccc(C2CCCCC2)o1)N(Cc1ccccc1)Cc1ccccc1. The molecule has 0 aliphatic heterocycles. The highest BCUT2D eigenvalue weighted by molar-refractivity contribution is 5.20. The lowest BCUT2D eigenvalue weighted by Gasteiger charge is -2.33. The van der Waals surface area contributed by atoms with Gasteiger partial charge in [-0.2, -0.15) is 0 Å². The van der Waals surface area contributed by atoms with Gasteiger partial charge >= 0.3 is 0 Å². The van der Waals surface area contributed by atoms with Gasteiger partial charge in [0.1, 0.15) is 11.5 Å². The molecule has 0 bridgehead atoms. The Hall–Kier alpha value is -2.32. The maximum Gasteiger partial charge on any atom is 0.121 e. The summed E-state index contributed by atoms with van der Waals surface area (Å²) in [6.07, 6.45) is 6.60. The van der Waals surface area contributed by atoms with Crippen LogP contribution in [0.4, 0.5) is 0 Å². The van der Waals surface area contributed by atoms with Crippen molar-refractivity contribution < 1.29 is 4.42 Å². The topological polar surface area (TPSA) is 16.4 Å².